The van der Waals surface area contributed by atoms with Gasteiger partial charge in [0.2, 0.25) is 5.28 Å². The second-order valence-corrected chi connectivity index (χ2v) is 6.99. The lowest BCUT2D eigenvalue weighted by molar-refractivity contribution is -0.141. The van der Waals surface area contributed by atoms with Crippen LogP contribution in [0.4, 0.5) is 19.0 Å². The average Bonchev–Trinajstić information content (AvgIpc) is 2.09. The third-order valence-corrected chi connectivity index (χ3v) is 2.60. The van der Waals surface area contributed by atoms with Crippen molar-refractivity contribution >= 4 is 17.4 Å². The molecule has 0 saturated heterocycles. The summed E-state index contributed by atoms with van der Waals surface area (Å²) in [5.74, 6) is 0.0755. The van der Waals surface area contributed by atoms with Gasteiger partial charge in [-0.3, -0.25) is 0 Å². The van der Waals surface area contributed by atoms with Crippen molar-refractivity contribution in [1.29, 1.82) is 0 Å². The molecular formula is C13H19ClF3N3. The smallest absolute Gasteiger partial charge is 0.365 e. The second-order valence-electron chi connectivity index (χ2n) is 6.65. The Morgan fingerprint density at radius 2 is 1.65 bits per heavy atom. The van der Waals surface area contributed by atoms with Gasteiger partial charge in [-0.05, 0) is 37.3 Å². The Morgan fingerprint density at radius 3 is 2.10 bits per heavy atom. The van der Waals surface area contributed by atoms with Gasteiger partial charge in [0.15, 0.2) is 5.69 Å². The number of aromatic nitrogens is 2. The highest BCUT2D eigenvalue weighted by atomic mass is 35.5. The van der Waals surface area contributed by atoms with Crippen molar-refractivity contribution < 1.29 is 13.2 Å². The number of halogens is 4. The molecule has 0 saturated carbocycles. The summed E-state index contributed by atoms with van der Waals surface area (Å²) in [6, 6.07) is 0.871. The van der Waals surface area contributed by atoms with Gasteiger partial charge in [-0.1, -0.05) is 20.8 Å². The van der Waals surface area contributed by atoms with Gasteiger partial charge in [-0.15, -0.1) is 0 Å². The Balaban J connectivity index is 3.01. The maximum atomic E-state index is 12.7. The third kappa shape index (κ3) is 5.53. The Labute approximate surface area is 122 Å². The average molecular weight is 310 g/mol. The molecule has 1 aromatic heterocycles. The first-order valence-corrected chi connectivity index (χ1v) is 6.56. The summed E-state index contributed by atoms with van der Waals surface area (Å²) >= 11 is 5.56. The minimum Gasteiger partial charge on any atom is -0.365 e. The van der Waals surface area contributed by atoms with E-state index in [2.05, 4.69) is 36.1 Å². The molecule has 0 atom stereocenters. The first-order chi connectivity index (χ1) is 8.78. The zero-order chi connectivity index (χ0) is 15.8. The summed E-state index contributed by atoms with van der Waals surface area (Å²) in [5, 5.41) is 2.57. The minimum atomic E-state index is -4.54. The summed E-state index contributed by atoms with van der Waals surface area (Å²) in [4.78, 5) is 7.00. The van der Waals surface area contributed by atoms with Gasteiger partial charge in [0.25, 0.3) is 0 Å². The summed E-state index contributed by atoms with van der Waals surface area (Å²) < 4.78 is 38.0. The number of hydrogen-bond donors (Lipinski definition) is 1. The molecule has 114 valence electrons. The largest absolute Gasteiger partial charge is 0.433 e. The van der Waals surface area contributed by atoms with E-state index in [4.69, 9.17) is 11.6 Å². The van der Waals surface area contributed by atoms with Gasteiger partial charge >= 0.3 is 6.18 Å². The monoisotopic (exact) mass is 309 g/mol. The lowest BCUT2D eigenvalue weighted by Crippen LogP contribution is -2.36. The topological polar surface area (TPSA) is 37.8 Å². The molecule has 0 aliphatic heterocycles. The Hall–Kier alpha value is -1.04. The molecule has 0 amide bonds. The van der Waals surface area contributed by atoms with Crippen molar-refractivity contribution in [1.82, 2.24) is 9.97 Å². The van der Waals surface area contributed by atoms with Crippen LogP contribution in [0.1, 0.15) is 46.7 Å². The van der Waals surface area contributed by atoms with E-state index in [0.717, 1.165) is 12.5 Å². The molecule has 0 unspecified atom stereocenters. The number of hydrogen-bond acceptors (Lipinski definition) is 3. The molecule has 1 rings (SSSR count). The van der Waals surface area contributed by atoms with Crippen LogP contribution in [0.25, 0.3) is 0 Å². The predicted octanol–water partition coefficient (Wildman–Crippen LogP) is 4.78. The fourth-order valence-corrected chi connectivity index (χ4v) is 2.53. The Kier molecular flexibility index (Phi) is 4.58. The van der Waals surface area contributed by atoms with Crippen LogP contribution in [-0.2, 0) is 6.18 Å². The SMILES string of the molecule is CC(C)(C)CC(C)(C)Nc1cc(C(F)(F)F)nc(Cl)n1. The molecule has 1 aromatic rings. The second kappa shape index (κ2) is 5.39. The molecule has 0 fully saturated rings. The first kappa shape index (κ1) is 17.0. The quantitative estimate of drug-likeness (QED) is 0.817. The molecule has 0 aliphatic rings. The zero-order valence-corrected chi connectivity index (χ0v) is 12.9. The van der Waals surface area contributed by atoms with Crippen LogP contribution >= 0.6 is 11.6 Å². The molecule has 0 aromatic carbocycles. The highest BCUT2D eigenvalue weighted by Crippen LogP contribution is 2.32. The number of nitrogens with zero attached hydrogens (tertiary/aromatic N) is 2. The number of nitrogens with one attached hydrogen (secondary N) is 1. The van der Waals surface area contributed by atoms with E-state index < -0.39 is 22.7 Å². The first-order valence-electron chi connectivity index (χ1n) is 6.18. The van der Waals surface area contributed by atoms with Gasteiger partial charge in [-0.2, -0.15) is 13.2 Å². The number of rotatable bonds is 3. The van der Waals surface area contributed by atoms with Crippen LogP contribution in [-0.4, -0.2) is 15.5 Å². The molecule has 7 heteroatoms. The lowest BCUT2D eigenvalue weighted by Gasteiger charge is -2.33. The van der Waals surface area contributed by atoms with Crippen molar-refractivity contribution in [2.75, 3.05) is 5.32 Å². The van der Waals surface area contributed by atoms with Crippen molar-refractivity contribution in [2.24, 2.45) is 5.41 Å². The maximum Gasteiger partial charge on any atom is 0.433 e. The van der Waals surface area contributed by atoms with E-state index in [1.165, 1.54) is 0 Å². The lowest BCUT2D eigenvalue weighted by atomic mass is 9.82. The van der Waals surface area contributed by atoms with Gasteiger partial charge in [0, 0.05) is 11.6 Å². The summed E-state index contributed by atoms with van der Waals surface area (Å²) in [5.41, 5.74) is -1.44. The van der Waals surface area contributed by atoms with E-state index >= 15 is 0 Å². The van der Waals surface area contributed by atoms with E-state index in [-0.39, 0.29) is 11.2 Å². The molecular weight excluding hydrogens is 291 g/mol. The Bertz CT molecular complexity index is 479. The molecule has 3 nitrogen and oxygen atoms in total. The van der Waals surface area contributed by atoms with Crippen LogP contribution in [0.3, 0.4) is 0 Å². The van der Waals surface area contributed by atoms with E-state index in [1.54, 1.807) is 0 Å². The van der Waals surface area contributed by atoms with Crippen LogP contribution in [0.2, 0.25) is 5.28 Å². The number of alkyl halides is 3. The molecule has 1 heterocycles. The predicted molar refractivity (Wildman–Crippen MR) is 73.8 cm³/mol. The fourth-order valence-electron chi connectivity index (χ4n) is 2.34. The zero-order valence-electron chi connectivity index (χ0n) is 12.2. The normalized spacial score (nSPS) is 13.4. The molecule has 1 N–H and O–H groups in total. The Morgan fingerprint density at radius 1 is 1.10 bits per heavy atom. The maximum absolute atomic E-state index is 12.7. The molecule has 0 spiro atoms. The number of anilines is 1. The van der Waals surface area contributed by atoms with E-state index in [0.29, 0.717) is 0 Å². The highest BCUT2D eigenvalue weighted by molar-refractivity contribution is 6.28. The van der Waals surface area contributed by atoms with Crippen molar-refractivity contribution in [3.05, 3.63) is 17.0 Å². The highest BCUT2D eigenvalue weighted by Gasteiger charge is 2.34. The van der Waals surface area contributed by atoms with Crippen LogP contribution in [0.5, 0.6) is 0 Å². The van der Waals surface area contributed by atoms with Crippen LogP contribution < -0.4 is 5.32 Å². The van der Waals surface area contributed by atoms with Crippen molar-refractivity contribution in [3.8, 4) is 0 Å². The van der Waals surface area contributed by atoms with Crippen molar-refractivity contribution in [2.45, 2.75) is 52.8 Å². The fraction of sp³-hybridized carbons (Fsp3) is 0.692. The van der Waals surface area contributed by atoms with Crippen LogP contribution in [0.15, 0.2) is 6.07 Å². The van der Waals surface area contributed by atoms with Gasteiger partial charge in [0.05, 0.1) is 0 Å². The van der Waals surface area contributed by atoms with Crippen molar-refractivity contribution in [3.63, 3.8) is 0 Å². The summed E-state index contributed by atoms with van der Waals surface area (Å²) in [7, 11) is 0. The van der Waals surface area contributed by atoms with Gasteiger partial charge in [-0.25, -0.2) is 9.97 Å². The summed E-state index contributed by atoms with van der Waals surface area (Å²) in [6.07, 6.45) is -3.79. The molecule has 0 radical (unpaired) electrons. The van der Waals surface area contributed by atoms with Gasteiger partial charge < -0.3 is 5.32 Å². The summed E-state index contributed by atoms with van der Waals surface area (Å²) in [6.45, 7) is 9.99. The molecule has 20 heavy (non-hydrogen) atoms. The van der Waals surface area contributed by atoms with Gasteiger partial charge in [0.1, 0.15) is 5.82 Å². The molecule has 0 bridgehead atoms. The minimum absolute atomic E-state index is 0.0280. The standard InChI is InChI=1S/C13H19ClF3N3/c1-11(2,3)7-12(4,5)20-9-6-8(13(15,16)17)18-10(14)19-9/h6H,7H2,1-5H3,(H,18,19,20). The van der Waals surface area contributed by atoms with E-state index in [1.807, 2.05) is 13.8 Å². The van der Waals surface area contributed by atoms with E-state index in [9.17, 15) is 13.2 Å². The molecule has 0 aliphatic carbocycles. The van der Waals surface area contributed by atoms with Crippen LogP contribution in [0, 0.1) is 5.41 Å². The third-order valence-electron chi connectivity index (χ3n) is 2.43.